The van der Waals surface area contributed by atoms with Gasteiger partial charge in [-0.05, 0) is 17.7 Å². The van der Waals surface area contributed by atoms with Gasteiger partial charge in [0.25, 0.3) is 5.56 Å². The lowest BCUT2D eigenvalue weighted by atomic mass is 10.1. The molecule has 0 aliphatic heterocycles. The first-order valence-corrected chi connectivity index (χ1v) is 8.08. The van der Waals surface area contributed by atoms with Crippen LogP contribution in [0.15, 0.2) is 65.7 Å². The normalized spacial score (nSPS) is 11.8. The average Bonchev–Trinajstić information content (AvgIpc) is 2.65. The molecule has 0 saturated carbocycles. The number of carbonyl (C=O) groups is 2. The van der Waals surface area contributed by atoms with Gasteiger partial charge in [-0.1, -0.05) is 42.5 Å². The van der Waals surface area contributed by atoms with Crippen LogP contribution in [0.4, 0.5) is 0 Å². The minimum atomic E-state index is -1.01. The molecule has 2 N–H and O–H groups in total. The number of benzene rings is 2. The summed E-state index contributed by atoms with van der Waals surface area (Å²) in [5.74, 6) is -1.47. The molecule has 26 heavy (non-hydrogen) atoms. The molecule has 0 unspecified atom stereocenters. The van der Waals surface area contributed by atoms with Crippen LogP contribution >= 0.6 is 0 Å². The number of aliphatic carboxylic acids is 1. The monoisotopic (exact) mass is 351 g/mol. The number of rotatable bonds is 6. The topological polar surface area (TPSA) is 101 Å². The first-order valence-electron chi connectivity index (χ1n) is 8.08. The molecule has 2 aromatic carbocycles. The number of fused-ring (bicyclic) bond motifs is 1. The van der Waals surface area contributed by atoms with Crippen LogP contribution < -0.4 is 10.9 Å². The van der Waals surface area contributed by atoms with Gasteiger partial charge < -0.3 is 10.4 Å². The van der Waals surface area contributed by atoms with Crippen molar-refractivity contribution in [3.05, 3.63) is 76.8 Å². The zero-order valence-electron chi connectivity index (χ0n) is 13.8. The fourth-order valence-corrected chi connectivity index (χ4v) is 2.73. The van der Waals surface area contributed by atoms with Gasteiger partial charge in [0.15, 0.2) is 0 Å². The van der Waals surface area contributed by atoms with Crippen LogP contribution in [-0.4, -0.2) is 33.1 Å². The molecule has 7 nitrogen and oxygen atoms in total. The first-order chi connectivity index (χ1) is 12.6. The largest absolute Gasteiger partial charge is 0.481 e. The SMILES string of the molecule is O=C(O)CCNC(=O)[C@H](c1ccccc1)n1cnc2ccccc2c1=O. The van der Waals surface area contributed by atoms with E-state index in [9.17, 15) is 14.4 Å². The van der Waals surface area contributed by atoms with Crippen molar-refractivity contribution in [1.29, 1.82) is 0 Å². The molecule has 0 aliphatic rings. The van der Waals surface area contributed by atoms with E-state index < -0.39 is 17.9 Å². The van der Waals surface area contributed by atoms with Gasteiger partial charge in [-0.3, -0.25) is 19.0 Å². The number of carboxylic acids is 1. The lowest BCUT2D eigenvalue weighted by Crippen LogP contribution is -2.38. The highest BCUT2D eigenvalue weighted by Gasteiger charge is 2.24. The van der Waals surface area contributed by atoms with Crippen molar-refractivity contribution in [2.75, 3.05) is 6.54 Å². The minimum Gasteiger partial charge on any atom is -0.481 e. The molecule has 0 fully saturated rings. The van der Waals surface area contributed by atoms with Gasteiger partial charge in [0.05, 0.1) is 23.7 Å². The van der Waals surface area contributed by atoms with Gasteiger partial charge in [0.1, 0.15) is 6.04 Å². The van der Waals surface area contributed by atoms with E-state index in [0.717, 1.165) is 0 Å². The molecule has 1 atom stereocenters. The van der Waals surface area contributed by atoms with Crippen LogP contribution in [-0.2, 0) is 9.59 Å². The van der Waals surface area contributed by atoms with Crippen molar-refractivity contribution in [3.63, 3.8) is 0 Å². The number of aromatic nitrogens is 2. The van der Waals surface area contributed by atoms with Crippen LogP contribution in [0, 0.1) is 0 Å². The van der Waals surface area contributed by atoms with Gasteiger partial charge in [-0.25, -0.2) is 4.98 Å². The second kappa shape index (κ2) is 7.60. The lowest BCUT2D eigenvalue weighted by Gasteiger charge is -2.19. The third-order valence-electron chi connectivity index (χ3n) is 3.97. The summed E-state index contributed by atoms with van der Waals surface area (Å²) in [6.45, 7) is -0.0206. The number of nitrogens with zero attached hydrogens (tertiary/aromatic N) is 2. The molecule has 0 radical (unpaired) electrons. The molecule has 3 aromatic rings. The summed E-state index contributed by atoms with van der Waals surface area (Å²) in [5.41, 5.74) is 0.823. The van der Waals surface area contributed by atoms with Gasteiger partial charge in [0.2, 0.25) is 5.91 Å². The summed E-state index contributed by atoms with van der Waals surface area (Å²) < 4.78 is 1.27. The van der Waals surface area contributed by atoms with E-state index in [-0.39, 0.29) is 18.5 Å². The molecule has 3 rings (SSSR count). The van der Waals surface area contributed by atoms with E-state index in [2.05, 4.69) is 10.3 Å². The number of carbonyl (C=O) groups excluding carboxylic acids is 1. The number of hydrogen-bond acceptors (Lipinski definition) is 4. The number of amides is 1. The van der Waals surface area contributed by atoms with E-state index in [1.807, 2.05) is 6.07 Å². The van der Waals surface area contributed by atoms with Gasteiger partial charge in [0, 0.05) is 6.54 Å². The Kier molecular flexibility index (Phi) is 5.07. The van der Waals surface area contributed by atoms with Gasteiger partial charge >= 0.3 is 5.97 Å². The Morgan fingerprint density at radius 3 is 2.50 bits per heavy atom. The summed E-state index contributed by atoms with van der Waals surface area (Å²) in [6.07, 6.45) is 1.15. The molecular formula is C19H17N3O4. The van der Waals surface area contributed by atoms with Gasteiger partial charge in [-0.15, -0.1) is 0 Å². The second-order valence-electron chi connectivity index (χ2n) is 5.72. The Morgan fingerprint density at radius 1 is 1.08 bits per heavy atom. The van der Waals surface area contributed by atoms with E-state index in [1.54, 1.807) is 48.5 Å². The fourth-order valence-electron chi connectivity index (χ4n) is 2.73. The van der Waals surface area contributed by atoms with Crippen LogP contribution in [0.5, 0.6) is 0 Å². The van der Waals surface area contributed by atoms with Crippen LogP contribution in [0.3, 0.4) is 0 Å². The van der Waals surface area contributed by atoms with Crippen molar-refractivity contribution in [2.45, 2.75) is 12.5 Å². The van der Waals surface area contributed by atoms with E-state index in [1.165, 1.54) is 10.9 Å². The van der Waals surface area contributed by atoms with Crippen LogP contribution in [0.2, 0.25) is 0 Å². The fraction of sp³-hybridized carbons (Fsp3) is 0.158. The molecule has 0 saturated heterocycles. The Morgan fingerprint density at radius 2 is 1.77 bits per heavy atom. The molecule has 132 valence electrons. The summed E-state index contributed by atoms with van der Waals surface area (Å²) in [7, 11) is 0. The quantitative estimate of drug-likeness (QED) is 0.702. The summed E-state index contributed by atoms with van der Waals surface area (Å²) in [5, 5.41) is 11.7. The van der Waals surface area contributed by atoms with Crippen molar-refractivity contribution < 1.29 is 14.7 Å². The van der Waals surface area contributed by atoms with Crippen molar-refractivity contribution in [1.82, 2.24) is 14.9 Å². The Bertz CT molecular complexity index is 998. The molecule has 0 spiro atoms. The van der Waals surface area contributed by atoms with E-state index in [0.29, 0.717) is 16.5 Å². The van der Waals surface area contributed by atoms with E-state index in [4.69, 9.17) is 5.11 Å². The predicted molar refractivity (Wildman–Crippen MR) is 95.8 cm³/mol. The maximum atomic E-state index is 12.9. The highest BCUT2D eigenvalue weighted by molar-refractivity contribution is 5.85. The smallest absolute Gasteiger partial charge is 0.305 e. The average molecular weight is 351 g/mol. The molecule has 1 amide bonds. The van der Waals surface area contributed by atoms with E-state index >= 15 is 0 Å². The molecule has 0 bridgehead atoms. The zero-order valence-corrected chi connectivity index (χ0v) is 13.8. The van der Waals surface area contributed by atoms with Crippen LogP contribution in [0.1, 0.15) is 18.0 Å². The molecular weight excluding hydrogens is 334 g/mol. The number of carboxylic acid groups (broad SMARTS) is 1. The third kappa shape index (κ3) is 3.61. The second-order valence-corrected chi connectivity index (χ2v) is 5.72. The van der Waals surface area contributed by atoms with Gasteiger partial charge in [-0.2, -0.15) is 0 Å². The molecule has 1 aromatic heterocycles. The van der Waals surface area contributed by atoms with Crippen molar-refractivity contribution in [2.24, 2.45) is 0 Å². The predicted octanol–water partition coefficient (Wildman–Crippen LogP) is 1.58. The summed E-state index contributed by atoms with van der Waals surface area (Å²) in [4.78, 5) is 40.5. The molecule has 7 heteroatoms. The summed E-state index contributed by atoms with van der Waals surface area (Å²) >= 11 is 0. The third-order valence-corrected chi connectivity index (χ3v) is 3.97. The maximum absolute atomic E-state index is 12.9. The maximum Gasteiger partial charge on any atom is 0.305 e. The summed E-state index contributed by atoms with van der Waals surface area (Å²) in [6, 6.07) is 14.8. The lowest BCUT2D eigenvalue weighted by molar-refractivity contribution is -0.137. The molecule has 1 heterocycles. The number of hydrogen-bond donors (Lipinski definition) is 2. The highest BCUT2D eigenvalue weighted by atomic mass is 16.4. The Hall–Kier alpha value is -3.48. The number of para-hydroxylation sites is 1. The van der Waals surface area contributed by atoms with Crippen LogP contribution in [0.25, 0.3) is 10.9 Å². The molecule has 0 aliphatic carbocycles. The Labute approximate surface area is 148 Å². The zero-order chi connectivity index (χ0) is 18.5. The highest BCUT2D eigenvalue weighted by Crippen LogP contribution is 2.18. The number of nitrogens with one attached hydrogen (secondary N) is 1. The van der Waals surface area contributed by atoms with Crippen molar-refractivity contribution in [3.8, 4) is 0 Å². The standard InChI is InChI=1S/C19H17N3O4/c23-16(24)10-11-20-18(25)17(13-6-2-1-3-7-13)22-12-21-15-9-5-4-8-14(15)19(22)26/h1-9,12,17H,10-11H2,(H,20,25)(H,23,24)/t17-/m0/s1. The van der Waals surface area contributed by atoms with Crippen molar-refractivity contribution >= 4 is 22.8 Å². The first kappa shape index (κ1) is 17.3. The minimum absolute atomic E-state index is 0.0206. The Balaban J connectivity index is 2.04.